The largest absolute Gasteiger partial charge is 0.480 e. The van der Waals surface area contributed by atoms with Gasteiger partial charge in [-0.15, -0.1) is 0 Å². The van der Waals surface area contributed by atoms with Crippen LogP contribution in [0.25, 0.3) is 0 Å². The van der Waals surface area contributed by atoms with E-state index in [4.69, 9.17) is 5.11 Å². The van der Waals surface area contributed by atoms with Crippen LogP contribution in [0.3, 0.4) is 0 Å². The Balaban J connectivity index is 4.55. The summed E-state index contributed by atoms with van der Waals surface area (Å²) in [5, 5.41) is 11.3. The maximum atomic E-state index is 11.6. The van der Waals surface area contributed by atoms with Crippen LogP contribution in [-0.4, -0.2) is 55.1 Å². The van der Waals surface area contributed by atoms with E-state index in [9.17, 15) is 18.0 Å². The van der Waals surface area contributed by atoms with Crippen molar-refractivity contribution in [1.29, 1.82) is 0 Å². The van der Waals surface area contributed by atoms with Gasteiger partial charge in [-0.3, -0.25) is 4.79 Å². The van der Waals surface area contributed by atoms with Crippen LogP contribution in [0.4, 0.5) is 0 Å². The Kier molecular flexibility index (Phi) is 6.99. The van der Waals surface area contributed by atoms with Crippen LogP contribution in [0, 0.1) is 5.92 Å². The third kappa shape index (κ3) is 6.53. The Labute approximate surface area is 114 Å². The number of rotatable bonds is 8. The van der Waals surface area contributed by atoms with E-state index in [0.29, 0.717) is 6.42 Å². The van der Waals surface area contributed by atoms with E-state index in [-0.39, 0.29) is 18.2 Å². The van der Waals surface area contributed by atoms with Gasteiger partial charge >= 0.3 is 5.97 Å². The first-order chi connectivity index (χ1) is 8.60. The van der Waals surface area contributed by atoms with E-state index in [1.807, 2.05) is 13.8 Å². The van der Waals surface area contributed by atoms with Crippen molar-refractivity contribution in [2.24, 2.45) is 5.92 Å². The lowest BCUT2D eigenvalue weighted by molar-refractivity contribution is -0.142. The summed E-state index contributed by atoms with van der Waals surface area (Å²) in [7, 11) is -2.16. The first-order valence-corrected chi connectivity index (χ1v) is 7.67. The summed E-state index contributed by atoms with van der Waals surface area (Å²) in [5.41, 5.74) is 0. The fraction of sp³-hybridized carbons (Fsp3) is 0.818. The summed E-state index contributed by atoms with van der Waals surface area (Å²) in [5.74, 6) is -1.74. The minimum absolute atomic E-state index is 0.106. The molecule has 0 radical (unpaired) electrons. The second kappa shape index (κ2) is 7.44. The van der Waals surface area contributed by atoms with Crippen molar-refractivity contribution in [1.82, 2.24) is 9.62 Å². The van der Waals surface area contributed by atoms with Crippen molar-refractivity contribution in [3.63, 3.8) is 0 Å². The van der Waals surface area contributed by atoms with Crippen molar-refractivity contribution < 1.29 is 23.1 Å². The molecule has 0 saturated carbocycles. The van der Waals surface area contributed by atoms with Gasteiger partial charge in [0.15, 0.2) is 0 Å². The number of carboxylic acids is 1. The molecule has 8 heteroatoms. The summed E-state index contributed by atoms with van der Waals surface area (Å²) < 4.78 is 23.8. The van der Waals surface area contributed by atoms with Crippen LogP contribution in [0.15, 0.2) is 0 Å². The molecule has 0 heterocycles. The molecule has 2 N–H and O–H groups in total. The number of hydrogen-bond acceptors (Lipinski definition) is 4. The van der Waals surface area contributed by atoms with Crippen LogP contribution in [0.5, 0.6) is 0 Å². The Bertz CT molecular complexity index is 419. The Morgan fingerprint density at radius 3 is 2.21 bits per heavy atom. The van der Waals surface area contributed by atoms with Gasteiger partial charge in [-0.1, -0.05) is 13.8 Å². The van der Waals surface area contributed by atoms with E-state index in [2.05, 4.69) is 5.32 Å². The molecule has 0 rings (SSSR count). The van der Waals surface area contributed by atoms with Crippen molar-refractivity contribution >= 4 is 21.9 Å². The second-order valence-electron chi connectivity index (χ2n) is 4.74. The highest BCUT2D eigenvalue weighted by Gasteiger charge is 2.24. The highest BCUT2D eigenvalue weighted by atomic mass is 32.2. The predicted octanol–water partition coefficient (Wildman–Crippen LogP) is -0.117. The molecular formula is C11H22N2O5S. The van der Waals surface area contributed by atoms with E-state index in [0.717, 1.165) is 4.31 Å². The minimum atomic E-state index is -3.45. The molecule has 0 aliphatic carbocycles. The van der Waals surface area contributed by atoms with E-state index in [1.54, 1.807) is 0 Å². The molecule has 0 fully saturated rings. The van der Waals surface area contributed by atoms with Gasteiger partial charge in [-0.05, 0) is 19.3 Å². The fourth-order valence-corrected chi connectivity index (χ4v) is 2.21. The molecule has 112 valence electrons. The topological polar surface area (TPSA) is 104 Å². The molecule has 0 bridgehead atoms. The summed E-state index contributed by atoms with van der Waals surface area (Å²) >= 11 is 0. The average molecular weight is 294 g/mol. The standard InChI is InChI=1S/C11H22N2O5S/c1-5-19(17,18)13(4)7-10(14)12-9(11(15)16)6-8(2)3/h8-9H,5-7H2,1-4H3,(H,12,14)(H,15,16). The van der Waals surface area contributed by atoms with Crippen molar-refractivity contribution in [2.75, 3.05) is 19.3 Å². The first-order valence-electron chi connectivity index (χ1n) is 6.06. The van der Waals surface area contributed by atoms with Crippen LogP contribution in [-0.2, 0) is 19.6 Å². The van der Waals surface area contributed by atoms with Crippen molar-refractivity contribution in [2.45, 2.75) is 33.2 Å². The first kappa shape index (κ1) is 17.8. The van der Waals surface area contributed by atoms with Gasteiger partial charge in [0.2, 0.25) is 15.9 Å². The van der Waals surface area contributed by atoms with Crippen molar-refractivity contribution in [3.8, 4) is 0 Å². The Morgan fingerprint density at radius 2 is 1.84 bits per heavy atom. The normalized spacial score (nSPS) is 13.6. The Morgan fingerprint density at radius 1 is 1.32 bits per heavy atom. The molecule has 0 aromatic rings. The van der Waals surface area contributed by atoms with Crippen LogP contribution in [0.1, 0.15) is 27.2 Å². The van der Waals surface area contributed by atoms with Crippen LogP contribution < -0.4 is 5.32 Å². The number of sulfonamides is 1. The number of aliphatic carboxylic acids is 1. The zero-order chi connectivity index (χ0) is 15.2. The molecule has 0 spiro atoms. The van der Waals surface area contributed by atoms with Gasteiger partial charge in [0.1, 0.15) is 6.04 Å². The lowest BCUT2D eigenvalue weighted by Crippen LogP contribution is -2.46. The van der Waals surface area contributed by atoms with Crippen LogP contribution >= 0.6 is 0 Å². The van der Waals surface area contributed by atoms with Gasteiger partial charge < -0.3 is 10.4 Å². The number of hydrogen-bond donors (Lipinski definition) is 2. The van der Waals surface area contributed by atoms with Gasteiger partial charge in [0.25, 0.3) is 0 Å². The highest BCUT2D eigenvalue weighted by Crippen LogP contribution is 2.05. The number of nitrogens with zero attached hydrogens (tertiary/aromatic N) is 1. The van der Waals surface area contributed by atoms with E-state index in [1.165, 1.54) is 14.0 Å². The molecule has 0 aliphatic heterocycles. The number of carboxylic acid groups (broad SMARTS) is 1. The number of likely N-dealkylation sites (N-methyl/N-ethyl adjacent to an activating group) is 1. The molecule has 1 amide bonds. The summed E-state index contributed by atoms with van der Waals surface area (Å²) in [6, 6.07) is -0.995. The summed E-state index contributed by atoms with van der Waals surface area (Å²) in [6.45, 7) is 4.78. The number of carbonyl (C=O) groups is 2. The van der Waals surface area contributed by atoms with E-state index < -0.39 is 27.9 Å². The van der Waals surface area contributed by atoms with Gasteiger partial charge in [0.05, 0.1) is 12.3 Å². The average Bonchev–Trinajstić information content (AvgIpc) is 2.27. The summed E-state index contributed by atoms with van der Waals surface area (Å²) in [6.07, 6.45) is 0.297. The number of nitrogens with one attached hydrogen (secondary N) is 1. The van der Waals surface area contributed by atoms with E-state index >= 15 is 0 Å². The molecule has 1 unspecified atom stereocenters. The maximum absolute atomic E-state index is 11.6. The molecule has 1 atom stereocenters. The molecule has 0 saturated heterocycles. The number of carbonyl (C=O) groups excluding carboxylic acids is 1. The predicted molar refractivity (Wildman–Crippen MR) is 71.1 cm³/mol. The highest BCUT2D eigenvalue weighted by molar-refractivity contribution is 7.89. The lowest BCUT2D eigenvalue weighted by Gasteiger charge is -2.19. The SMILES string of the molecule is CCS(=O)(=O)N(C)CC(=O)NC(CC(C)C)C(=O)O. The Hall–Kier alpha value is -1.15. The zero-order valence-corrected chi connectivity index (χ0v) is 12.5. The number of amides is 1. The third-order valence-electron chi connectivity index (χ3n) is 2.55. The maximum Gasteiger partial charge on any atom is 0.326 e. The monoisotopic (exact) mass is 294 g/mol. The molecular weight excluding hydrogens is 272 g/mol. The smallest absolute Gasteiger partial charge is 0.326 e. The fourth-order valence-electron chi connectivity index (χ4n) is 1.45. The van der Waals surface area contributed by atoms with Gasteiger partial charge in [0, 0.05) is 7.05 Å². The van der Waals surface area contributed by atoms with Crippen molar-refractivity contribution in [3.05, 3.63) is 0 Å². The molecule has 7 nitrogen and oxygen atoms in total. The summed E-state index contributed by atoms with van der Waals surface area (Å²) in [4.78, 5) is 22.6. The molecule has 0 aromatic heterocycles. The molecule has 19 heavy (non-hydrogen) atoms. The molecule has 0 aromatic carbocycles. The third-order valence-corrected chi connectivity index (χ3v) is 4.35. The van der Waals surface area contributed by atoms with Gasteiger partial charge in [-0.25, -0.2) is 13.2 Å². The molecule has 0 aliphatic rings. The second-order valence-corrected chi connectivity index (χ2v) is 7.11. The quantitative estimate of drug-likeness (QED) is 0.649. The lowest BCUT2D eigenvalue weighted by atomic mass is 10.0. The van der Waals surface area contributed by atoms with Gasteiger partial charge in [-0.2, -0.15) is 4.31 Å². The minimum Gasteiger partial charge on any atom is -0.480 e. The van der Waals surface area contributed by atoms with Crippen LogP contribution in [0.2, 0.25) is 0 Å². The zero-order valence-electron chi connectivity index (χ0n) is 11.7.